The second-order valence-corrected chi connectivity index (χ2v) is 7.98. The first-order chi connectivity index (χ1) is 11.8. The van der Waals surface area contributed by atoms with Gasteiger partial charge in [-0.25, -0.2) is 13.2 Å². The highest BCUT2D eigenvalue weighted by molar-refractivity contribution is 7.89. The number of hydrogen-bond acceptors (Lipinski definition) is 6. The van der Waals surface area contributed by atoms with Crippen molar-refractivity contribution in [1.29, 1.82) is 0 Å². The zero-order valence-electron chi connectivity index (χ0n) is 14.4. The van der Waals surface area contributed by atoms with E-state index in [1.54, 1.807) is 32.0 Å². The van der Waals surface area contributed by atoms with Crippen LogP contribution in [0, 0.1) is 13.8 Å². The van der Waals surface area contributed by atoms with Gasteiger partial charge in [-0.1, -0.05) is 11.2 Å². The van der Waals surface area contributed by atoms with Gasteiger partial charge in [0.25, 0.3) is 0 Å². The molecule has 0 amide bonds. The molecular weight excluding hydrogens is 344 g/mol. The third-order valence-electron chi connectivity index (χ3n) is 4.37. The lowest BCUT2D eigenvalue weighted by atomic mass is 10.1. The van der Waals surface area contributed by atoms with Crippen LogP contribution in [-0.4, -0.2) is 37.5 Å². The van der Waals surface area contributed by atoms with E-state index in [2.05, 4.69) is 5.16 Å². The first-order valence-corrected chi connectivity index (χ1v) is 9.42. The summed E-state index contributed by atoms with van der Waals surface area (Å²) in [6.07, 6.45) is 1.41. The summed E-state index contributed by atoms with van der Waals surface area (Å²) in [5.74, 6) is -0.0272. The fourth-order valence-corrected chi connectivity index (χ4v) is 5.02. The van der Waals surface area contributed by atoms with Gasteiger partial charge in [-0.15, -0.1) is 0 Å². The van der Waals surface area contributed by atoms with Crippen LogP contribution in [0.2, 0.25) is 0 Å². The maximum Gasteiger partial charge on any atom is 0.337 e. The molecule has 0 aliphatic carbocycles. The van der Waals surface area contributed by atoms with Crippen LogP contribution in [0.1, 0.15) is 46.3 Å². The third-order valence-corrected chi connectivity index (χ3v) is 6.42. The molecule has 25 heavy (non-hydrogen) atoms. The molecule has 2 heterocycles. The highest BCUT2D eigenvalue weighted by atomic mass is 32.2. The van der Waals surface area contributed by atoms with Crippen molar-refractivity contribution >= 4 is 16.0 Å². The Labute approximate surface area is 146 Å². The summed E-state index contributed by atoms with van der Waals surface area (Å²) in [7, 11) is -2.52. The number of hydrogen-bond donors (Lipinski definition) is 0. The van der Waals surface area contributed by atoms with Crippen molar-refractivity contribution in [3.63, 3.8) is 0 Å². The highest BCUT2D eigenvalue weighted by Gasteiger charge is 2.39. The quantitative estimate of drug-likeness (QED) is 0.775. The van der Waals surface area contributed by atoms with Crippen LogP contribution in [0.5, 0.6) is 0 Å². The van der Waals surface area contributed by atoms with E-state index in [0.29, 0.717) is 30.0 Å². The molecule has 0 radical (unpaired) electrons. The number of esters is 1. The maximum atomic E-state index is 13.2. The van der Waals surface area contributed by atoms with E-state index < -0.39 is 16.0 Å². The average Bonchev–Trinajstić information content (AvgIpc) is 3.23. The second kappa shape index (κ2) is 6.61. The number of rotatable bonds is 4. The summed E-state index contributed by atoms with van der Waals surface area (Å²) >= 11 is 0. The highest BCUT2D eigenvalue weighted by Crippen LogP contribution is 2.37. The molecule has 0 N–H and O–H groups in total. The largest absolute Gasteiger partial charge is 0.465 e. The minimum absolute atomic E-state index is 0.110. The van der Waals surface area contributed by atoms with Gasteiger partial charge in [0.05, 0.1) is 29.3 Å². The second-order valence-electron chi connectivity index (χ2n) is 6.12. The molecule has 1 aliphatic rings. The fourth-order valence-electron chi connectivity index (χ4n) is 3.10. The van der Waals surface area contributed by atoms with Crippen LogP contribution < -0.4 is 0 Å². The Balaban J connectivity index is 2.02. The lowest BCUT2D eigenvalue weighted by molar-refractivity contribution is 0.0600. The molecular formula is C17H20N2O5S. The van der Waals surface area contributed by atoms with Gasteiger partial charge < -0.3 is 9.26 Å². The molecule has 0 spiro atoms. The van der Waals surface area contributed by atoms with E-state index in [1.807, 2.05) is 0 Å². The molecule has 0 bridgehead atoms. The van der Waals surface area contributed by atoms with Gasteiger partial charge in [0.1, 0.15) is 0 Å². The SMILES string of the molecule is COC(=O)c1ccc(C)c(S(=O)(=O)N2CCCC2c2cc(C)no2)c1. The lowest BCUT2D eigenvalue weighted by Crippen LogP contribution is -2.31. The van der Waals surface area contributed by atoms with Gasteiger partial charge in [0.15, 0.2) is 5.76 Å². The van der Waals surface area contributed by atoms with Gasteiger partial charge >= 0.3 is 5.97 Å². The molecule has 1 fully saturated rings. The number of aryl methyl sites for hydroxylation is 2. The summed E-state index contributed by atoms with van der Waals surface area (Å²) in [5.41, 5.74) is 1.49. The Morgan fingerprint density at radius 1 is 1.32 bits per heavy atom. The van der Waals surface area contributed by atoms with Gasteiger partial charge in [-0.2, -0.15) is 4.31 Å². The maximum absolute atomic E-state index is 13.2. The molecule has 8 heteroatoms. The van der Waals surface area contributed by atoms with Crippen molar-refractivity contribution in [1.82, 2.24) is 9.46 Å². The minimum Gasteiger partial charge on any atom is -0.465 e. The Morgan fingerprint density at radius 2 is 2.08 bits per heavy atom. The molecule has 1 unspecified atom stereocenters. The van der Waals surface area contributed by atoms with Gasteiger partial charge in [0.2, 0.25) is 10.0 Å². The predicted molar refractivity (Wildman–Crippen MR) is 89.6 cm³/mol. The van der Waals surface area contributed by atoms with Crippen LogP contribution in [0.3, 0.4) is 0 Å². The number of aromatic nitrogens is 1. The average molecular weight is 364 g/mol. The zero-order valence-corrected chi connectivity index (χ0v) is 15.2. The molecule has 3 rings (SSSR count). The Hall–Kier alpha value is -2.19. The summed E-state index contributed by atoms with van der Waals surface area (Å²) in [6.45, 7) is 3.90. The van der Waals surface area contributed by atoms with Crippen molar-refractivity contribution in [3.8, 4) is 0 Å². The van der Waals surface area contributed by atoms with Gasteiger partial charge in [-0.3, -0.25) is 0 Å². The van der Waals surface area contributed by atoms with E-state index in [4.69, 9.17) is 9.26 Å². The van der Waals surface area contributed by atoms with Crippen LogP contribution in [0.4, 0.5) is 0 Å². The van der Waals surface area contributed by atoms with E-state index >= 15 is 0 Å². The molecule has 2 aromatic rings. The first kappa shape index (κ1) is 17.6. The Kier molecular flexibility index (Phi) is 4.66. The van der Waals surface area contributed by atoms with E-state index in [1.165, 1.54) is 17.5 Å². The molecule has 1 atom stereocenters. The van der Waals surface area contributed by atoms with Crippen molar-refractivity contribution < 1.29 is 22.5 Å². The van der Waals surface area contributed by atoms with E-state index in [0.717, 1.165) is 6.42 Å². The first-order valence-electron chi connectivity index (χ1n) is 7.98. The number of benzene rings is 1. The Morgan fingerprint density at radius 3 is 2.72 bits per heavy atom. The number of sulfonamides is 1. The molecule has 7 nitrogen and oxygen atoms in total. The minimum atomic E-state index is -3.78. The predicted octanol–water partition coefficient (Wildman–Crippen LogP) is 2.60. The molecule has 1 saturated heterocycles. The fraction of sp³-hybridized carbons (Fsp3) is 0.412. The lowest BCUT2D eigenvalue weighted by Gasteiger charge is -2.23. The standard InChI is InChI=1S/C17H20N2O5S/c1-11-6-7-13(17(20)23-3)10-16(11)25(21,22)19-8-4-5-14(19)15-9-12(2)18-24-15/h6-7,9-10,14H,4-5,8H2,1-3H3. The third kappa shape index (κ3) is 3.19. The van der Waals surface area contributed by atoms with Crippen LogP contribution in [0.15, 0.2) is 33.7 Å². The zero-order chi connectivity index (χ0) is 18.2. The number of carbonyl (C=O) groups is 1. The molecule has 0 saturated carbocycles. The number of ether oxygens (including phenoxy) is 1. The number of nitrogens with zero attached hydrogens (tertiary/aromatic N) is 2. The van der Waals surface area contributed by atoms with E-state index in [9.17, 15) is 13.2 Å². The van der Waals surface area contributed by atoms with Crippen molar-refractivity contribution in [3.05, 3.63) is 46.8 Å². The van der Waals surface area contributed by atoms with Crippen molar-refractivity contribution in [2.75, 3.05) is 13.7 Å². The van der Waals surface area contributed by atoms with Gasteiger partial charge in [-0.05, 0) is 44.4 Å². The molecule has 1 aliphatic heterocycles. The van der Waals surface area contributed by atoms with Crippen LogP contribution in [-0.2, 0) is 14.8 Å². The topological polar surface area (TPSA) is 89.7 Å². The summed E-state index contributed by atoms with van der Waals surface area (Å²) in [4.78, 5) is 11.9. The molecule has 1 aromatic carbocycles. The van der Waals surface area contributed by atoms with Crippen molar-refractivity contribution in [2.45, 2.75) is 37.6 Å². The smallest absolute Gasteiger partial charge is 0.337 e. The summed E-state index contributed by atoms with van der Waals surface area (Å²) in [5, 5.41) is 3.86. The van der Waals surface area contributed by atoms with Crippen LogP contribution in [0.25, 0.3) is 0 Å². The Bertz CT molecular complexity index is 904. The summed E-state index contributed by atoms with van der Waals surface area (Å²) in [6, 6.07) is 5.92. The van der Waals surface area contributed by atoms with Crippen LogP contribution >= 0.6 is 0 Å². The normalized spacial score (nSPS) is 18.4. The summed E-state index contributed by atoms with van der Waals surface area (Å²) < 4.78 is 37.8. The monoisotopic (exact) mass is 364 g/mol. The number of methoxy groups -OCH3 is 1. The molecule has 134 valence electrons. The molecule has 1 aromatic heterocycles. The van der Waals surface area contributed by atoms with E-state index in [-0.39, 0.29) is 16.5 Å². The number of carbonyl (C=O) groups excluding carboxylic acids is 1. The van der Waals surface area contributed by atoms with Gasteiger partial charge in [0, 0.05) is 12.6 Å². The van der Waals surface area contributed by atoms with Crippen molar-refractivity contribution in [2.24, 2.45) is 0 Å².